The standard InChI is InChI=1S/C26H33N3O3/c1-2-31-25-16-20(10-11-24(25)32-19-26(30)29-14-6-3-7-15-29)17-27-13-12-21-18-28-23-9-5-4-8-22(21)23/h4-5,8-11,16,18,27-28H,2-3,6-7,12-15,17,19H2,1H3. The monoisotopic (exact) mass is 435 g/mol. The van der Waals surface area contributed by atoms with Gasteiger partial charge in [-0.05, 0) is 68.5 Å². The highest BCUT2D eigenvalue weighted by atomic mass is 16.5. The number of fused-ring (bicyclic) bond motifs is 1. The first kappa shape index (κ1) is 22.2. The number of H-pyrrole nitrogens is 1. The number of aromatic amines is 1. The summed E-state index contributed by atoms with van der Waals surface area (Å²) in [5.41, 5.74) is 3.63. The van der Waals surface area contributed by atoms with Gasteiger partial charge in [0.1, 0.15) is 0 Å². The van der Waals surface area contributed by atoms with Gasteiger partial charge >= 0.3 is 0 Å². The van der Waals surface area contributed by atoms with Gasteiger partial charge in [-0.2, -0.15) is 0 Å². The van der Waals surface area contributed by atoms with Gasteiger partial charge in [-0.1, -0.05) is 24.3 Å². The Labute approximate surface area is 189 Å². The maximum atomic E-state index is 12.4. The van der Waals surface area contributed by atoms with Crippen LogP contribution in [0.25, 0.3) is 10.9 Å². The van der Waals surface area contributed by atoms with E-state index in [0.29, 0.717) is 18.1 Å². The molecule has 3 aromatic rings. The smallest absolute Gasteiger partial charge is 0.260 e. The number of hydrogen-bond acceptors (Lipinski definition) is 4. The van der Waals surface area contributed by atoms with Crippen LogP contribution < -0.4 is 14.8 Å². The van der Waals surface area contributed by atoms with Crippen molar-refractivity contribution in [1.29, 1.82) is 0 Å². The summed E-state index contributed by atoms with van der Waals surface area (Å²) in [5, 5.41) is 4.80. The van der Waals surface area contributed by atoms with Crippen molar-refractivity contribution < 1.29 is 14.3 Å². The van der Waals surface area contributed by atoms with Gasteiger partial charge in [0, 0.05) is 36.7 Å². The molecule has 1 aromatic heterocycles. The molecule has 4 rings (SSSR count). The normalized spacial score (nSPS) is 14.0. The van der Waals surface area contributed by atoms with Crippen molar-refractivity contribution in [3.8, 4) is 11.5 Å². The molecule has 0 spiro atoms. The van der Waals surface area contributed by atoms with E-state index >= 15 is 0 Å². The molecule has 0 bridgehead atoms. The van der Waals surface area contributed by atoms with Crippen molar-refractivity contribution in [2.45, 2.75) is 39.2 Å². The molecule has 1 saturated heterocycles. The second-order valence-corrected chi connectivity index (χ2v) is 8.23. The number of nitrogens with zero attached hydrogens (tertiary/aromatic N) is 1. The number of carbonyl (C=O) groups is 1. The van der Waals surface area contributed by atoms with E-state index in [1.54, 1.807) is 0 Å². The molecule has 1 amide bonds. The summed E-state index contributed by atoms with van der Waals surface area (Å²) >= 11 is 0. The van der Waals surface area contributed by atoms with Crippen LogP contribution in [0, 0.1) is 0 Å². The quantitative estimate of drug-likeness (QED) is 0.466. The zero-order valence-corrected chi connectivity index (χ0v) is 18.9. The maximum absolute atomic E-state index is 12.4. The second kappa shape index (κ2) is 11.0. The predicted molar refractivity (Wildman–Crippen MR) is 127 cm³/mol. The number of amides is 1. The molecule has 170 valence electrons. The van der Waals surface area contributed by atoms with Crippen molar-refractivity contribution in [1.82, 2.24) is 15.2 Å². The highest BCUT2D eigenvalue weighted by molar-refractivity contribution is 5.83. The zero-order valence-electron chi connectivity index (χ0n) is 18.9. The molecule has 1 aliphatic heterocycles. The lowest BCUT2D eigenvalue weighted by molar-refractivity contribution is -0.134. The highest BCUT2D eigenvalue weighted by Crippen LogP contribution is 2.29. The average molecular weight is 436 g/mol. The molecule has 2 aromatic carbocycles. The number of nitrogens with one attached hydrogen (secondary N) is 2. The maximum Gasteiger partial charge on any atom is 0.260 e. The van der Waals surface area contributed by atoms with Gasteiger partial charge in [0.05, 0.1) is 6.61 Å². The summed E-state index contributed by atoms with van der Waals surface area (Å²) in [7, 11) is 0. The first-order valence-corrected chi connectivity index (χ1v) is 11.7. The number of piperidine rings is 1. The molecular weight excluding hydrogens is 402 g/mol. The van der Waals surface area contributed by atoms with Crippen molar-refractivity contribution in [2.75, 3.05) is 32.8 Å². The van der Waals surface area contributed by atoms with Crippen LogP contribution in [0.15, 0.2) is 48.7 Å². The number of ether oxygens (including phenoxy) is 2. The average Bonchev–Trinajstić information content (AvgIpc) is 3.25. The van der Waals surface area contributed by atoms with Gasteiger partial charge in [-0.3, -0.25) is 4.79 Å². The van der Waals surface area contributed by atoms with E-state index in [2.05, 4.69) is 34.7 Å². The summed E-state index contributed by atoms with van der Waals surface area (Å²) in [6.07, 6.45) is 6.42. The predicted octanol–water partition coefficient (Wildman–Crippen LogP) is 4.29. The summed E-state index contributed by atoms with van der Waals surface area (Å²) < 4.78 is 11.6. The van der Waals surface area contributed by atoms with Crippen LogP contribution in [0.2, 0.25) is 0 Å². The van der Waals surface area contributed by atoms with Crippen molar-refractivity contribution in [2.24, 2.45) is 0 Å². The topological polar surface area (TPSA) is 66.6 Å². The van der Waals surface area contributed by atoms with Crippen molar-refractivity contribution >= 4 is 16.8 Å². The van der Waals surface area contributed by atoms with E-state index in [4.69, 9.17) is 9.47 Å². The number of likely N-dealkylation sites (tertiary alicyclic amines) is 1. The lowest BCUT2D eigenvalue weighted by atomic mass is 10.1. The molecular formula is C26H33N3O3. The summed E-state index contributed by atoms with van der Waals surface area (Å²) in [4.78, 5) is 17.6. The molecule has 6 nitrogen and oxygen atoms in total. The molecule has 32 heavy (non-hydrogen) atoms. The molecule has 0 atom stereocenters. The lowest BCUT2D eigenvalue weighted by Crippen LogP contribution is -2.38. The number of aromatic nitrogens is 1. The third-order valence-corrected chi connectivity index (χ3v) is 5.94. The summed E-state index contributed by atoms with van der Waals surface area (Å²) in [5.74, 6) is 1.37. The first-order valence-electron chi connectivity index (χ1n) is 11.7. The van der Waals surface area contributed by atoms with E-state index in [0.717, 1.165) is 51.0 Å². The van der Waals surface area contributed by atoms with Gasteiger partial charge in [0.25, 0.3) is 5.91 Å². The number of benzene rings is 2. The van der Waals surface area contributed by atoms with Gasteiger partial charge in [-0.15, -0.1) is 0 Å². The molecule has 1 fully saturated rings. The Morgan fingerprint density at radius 3 is 2.75 bits per heavy atom. The van der Waals surface area contributed by atoms with Crippen LogP contribution in [0.4, 0.5) is 0 Å². The minimum Gasteiger partial charge on any atom is -0.490 e. The molecule has 0 saturated carbocycles. The fourth-order valence-electron chi connectivity index (χ4n) is 4.22. The van der Waals surface area contributed by atoms with Crippen LogP contribution in [0.1, 0.15) is 37.3 Å². The molecule has 6 heteroatoms. The number of hydrogen-bond donors (Lipinski definition) is 2. The third kappa shape index (κ3) is 5.62. The Bertz CT molecular complexity index is 1020. The SMILES string of the molecule is CCOc1cc(CNCCc2c[nH]c3ccccc23)ccc1OCC(=O)N1CCCCC1. The van der Waals surface area contributed by atoms with E-state index in [1.165, 1.54) is 22.9 Å². The minimum absolute atomic E-state index is 0.0511. The van der Waals surface area contributed by atoms with Crippen LogP contribution in [-0.2, 0) is 17.8 Å². The zero-order chi connectivity index (χ0) is 22.2. The Hall–Kier alpha value is -2.99. The Balaban J connectivity index is 1.29. The fraction of sp³-hybridized carbons (Fsp3) is 0.423. The molecule has 0 radical (unpaired) electrons. The number of rotatable bonds is 10. The van der Waals surface area contributed by atoms with Crippen LogP contribution in [-0.4, -0.2) is 48.6 Å². The van der Waals surface area contributed by atoms with Crippen LogP contribution in [0.3, 0.4) is 0 Å². The molecule has 2 heterocycles. The van der Waals surface area contributed by atoms with E-state index < -0.39 is 0 Å². The molecule has 2 N–H and O–H groups in total. The van der Waals surface area contributed by atoms with Gasteiger partial charge in [0.2, 0.25) is 0 Å². The van der Waals surface area contributed by atoms with Gasteiger partial charge < -0.3 is 24.7 Å². The molecule has 0 unspecified atom stereocenters. The Morgan fingerprint density at radius 2 is 1.91 bits per heavy atom. The fourth-order valence-corrected chi connectivity index (χ4v) is 4.22. The van der Waals surface area contributed by atoms with Crippen LogP contribution in [0.5, 0.6) is 11.5 Å². The highest BCUT2D eigenvalue weighted by Gasteiger charge is 2.17. The molecule has 0 aliphatic carbocycles. The van der Waals surface area contributed by atoms with Crippen LogP contribution >= 0.6 is 0 Å². The number of carbonyl (C=O) groups excluding carboxylic acids is 1. The number of para-hydroxylation sites is 1. The minimum atomic E-state index is 0.0511. The third-order valence-electron chi connectivity index (χ3n) is 5.94. The van der Waals surface area contributed by atoms with E-state index in [-0.39, 0.29) is 12.5 Å². The molecule has 1 aliphatic rings. The van der Waals surface area contributed by atoms with E-state index in [9.17, 15) is 4.79 Å². The van der Waals surface area contributed by atoms with Gasteiger partial charge in [0.15, 0.2) is 18.1 Å². The van der Waals surface area contributed by atoms with Gasteiger partial charge in [-0.25, -0.2) is 0 Å². The van der Waals surface area contributed by atoms with E-state index in [1.807, 2.05) is 36.1 Å². The lowest BCUT2D eigenvalue weighted by Gasteiger charge is -2.26. The first-order chi connectivity index (χ1) is 15.7. The Morgan fingerprint density at radius 1 is 1.06 bits per heavy atom. The second-order valence-electron chi connectivity index (χ2n) is 8.23. The summed E-state index contributed by atoms with van der Waals surface area (Å²) in [6, 6.07) is 14.3. The largest absolute Gasteiger partial charge is 0.490 e. The Kier molecular flexibility index (Phi) is 7.67. The summed E-state index contributed by atoms with van der Waals surface area (Å²) in [6.45, 7) is 5.86. The van der Waals surface area contributed by atoms with Crippen molar-refractivity contribution in [3.63, 3.8) is 0 Å². The van der Waals surface area contributed by atoms with Crippen molar-refractivity contribution in [3.05, 3.63) is 59.8 Å².